The number of carbonyl (C=O) groups is 2. The third-order valence-corrected chi connectivity index (χ3v) is 4.03. The molecule has 0 radical (unpaired) electrons. The fourth-order valence-corrected chi connectivity index (χ4v) is 2.97. The zero-order valence-electron chi connectivity index (χ0n) is 14.8. The molecule has 0 spiro atoms. The van der Waals surface area contributed by atoms with Gasteiger partial charge in [0.05, 0.1) is 12.7 Å². The summed E-state index contributed by atoms with van der Waals surface area (Å²) in [4.78, 5) is 23.5. The van der Waals surface area contributed by atoms with E-state index >= 15 is 0 Å². The van der Waals surface area contributed by atoms with Crippen molar-refractivity contribution in [2.45, 2.75) is 45.8 Å². The fraction of sp³-hybridized carbons (Fsp3) is 0.421. The summed E-state index contributed by atoms with van der Waals surface area (Å²) in [5.41, 5.74) is 3.49. The Morgan fingerprint density at radius 1 is 1.28 bits per heavy atom. The number of nitrogens with one attached hydrogen (secondary N) is 1. The lowest BCUT2D eigenvalue weighted by Gasteiger charge is -2.19. The molecule has 0 saturated carbocycles. The van der Waals surface area contributed by atoms with Crippen LogP contribution in [0.1, 0.15) is 43.1 Å². The van der Waals surface area contributed by atoms with Gasteiger partial charge < -0.3 is 10.1 Å². The molecule has 0 fully saturated rings. The number of fused-ring (bicyclic) bond motifs is 1. The molecule has 0 aliphatic heterocycles. The van der Waals surface area contributed by atoms with Gasteiger partial charge in [-0.25, -0.2) is 4.79 Å². The largest absolute Gasteiger partial charge is 0.444 e. The van der Waals surface area contributed by atoms with Gasteiger partial charge in [0.2, 0.25) is 0 Å². The van der Waals surface area contributed by atoms with E-state index in [1.807, 2.05) is 45.2 Å². The Morgan fingerprint density at radius 2 is 2.04 bits per heavy atom. The maximum Gasteiger partial charge on any atom is 0.407 e. The maximum atomic E-state index is 11.9. The molecule has 1 aromatic heterocycles. The van der Waals surface area contributed by atoms with Crippen LogP contribution in [0.5, 0.6) is 0 Å². The number of rotatable bonds is 4. The first kappa shape index (κ1) is 17.2. The highest BCUT2D eigenvalue weighted by molar-refractivity contribution is 6.02. The first-order chi connectivity index (χ1) is 11.8. The Hall–Kier alpha value is -2.63. The van der Waals surface area contributed by atoms with Gasteiger partial charge in [-0.3, -0.25) is 9.48 Å². The van der Waals surface area contributed by atoms with E-state index in [-0.39, 0.29) is 5.78 Å². The van der Waals surface area contributed by atoms with Gasteiger partial charge in [0.25, 0.3) is 0 Å². The van der Waals surface area contributed by atoms with Crippen molar-refractivity contribution in [1.29, 1.82) is 0 Å². The van der Waals surface area contributed by atoms with E-state index in [4.69, 9.17) is 4.74 Å². The highest BCUT2D eigenvalue weighted by atomic mass is 16.6. The molecular formula is C19H23N3O3. The molecule has 1 amide bonds. The van der Waals surface area contributed by atoms with E-state index in [9.17, 15) is 9.59 Å². The third kappa shape index (κ3) is 4.07. The molecule has 2 aromatic rings. The minimum Gasteiger partial charge on any atom is -0.444 e. The van der Waals surface area contributed by atoms with Gasteiger partial charge in [-0.2, -0.15) is 5.10 Å². The molecule has 0 atom stereocenters. The van der Waals surface area contributed by atoms with E-state index in [1.165, 1.54) is 0 Å². The molecule has 0 saturated heterocycles. The second kappa shape index (κ2) is 6.70. The predicted molar refractivity (Wildman–Crippen MR) is 94.6 cm³/mol. The molecule has 6 nitrogen and oxygen atoms in total. The quantitative estimate of drug-likeness (QED) is 0.927. The van der Waals surface area contributed by atoms with Crippen molar-refractivity contribution >= 4 is 11.9 Å². The molecule has 1 aliphatic rings. The highest BCUT2D eigenvalue weighted by Gasteiger charge is 2.22. The molecule has 6 heteroatoms. The topological polar surface area (TPSA) is 73.2 Å². The van der Waals surface area contributed by atoms with Crippen molar-refractivity contribution in [3.63, 3.8) is 0 Å². The van der Waals surface area contributed by atoms with Crippen LogP contribution >= 0.6 is 0 Å². The number of ether oxygens (including phenoxy) is 1. The van der Waals surface area contributed by atoms with Gasteiger partial charge in [-0.05, 0) is 38.3 Å². The average Bonchev–Trinajstić information content (AvgIpc) is 3.13. The van der Waals surface area contributed by atoms with Crippen LogP contribution in [-0.4, -0.2) is 33.8 Å². The number of ketones is 1. The van der Waals surface area contributed by atoms with Crippen LogP contribution in [-0.2, 0) is 17.7 Å². The molecule has 1 N–H and O–H groups in total. The lowest BCUT2D eigenvalue weighted by molar-refractivity contribution is 0.0525. The number of Topliss-reactive ketones (excluding diaryl/α,β-unsaturated/α-hetero) is 1. The summed E-state index contributed by atoms with van der Waals surface area (Å²) in [6.07, 6.45) is 4.68. The molecule has 132 valence electrons. The van der Waals surface area contributed by atoms with Crippen molar-refractivity contribution < 1.29 is 14.3 Å². The number of hydrogen-bond acceptors (Lipinski definition) is 4. The second-order valence-corrected chi connectivity index (χ2v) is 7.18. The number of nitrogens with zero attached hydrogens (tertiary/aromatic N) is 2. The first-order valence-corrected chi connectivity index (χ1v) is 8.48. The predicted octanol–water partition coefficient (Wildman–Crippen LogP) is 3.20. The lowest BCUT2D eigenvalue weighted by atomic mass is 9.99. The van der Waals surface area contributed by atoms with Gasteiger partial charge in [-0.15, -0.1) is 0 Å². The molecule has 1 aromatic carbocycles. The fourth-order valence-electron chi connectivity index (χ4n) is 2.97. The van der Waals surface area contributed by atoms with Gasteiger partial charge >= 0.3 is 6.09 Å². The maximum absolute atomic E-state index is 11.9. The van der Waals surface area contributed by atoms with Crippen molar-refractivity contribution in [2.75, 3.05) is 6.54 Å². The summed E-state index contributed by atoms with van der Waals surface area (Å²) in [6.45, 7) is 6.47. The van der Waals surface area contributed by atoms with Crippen LogP contribution in [0.25, 0.3) is 11.1 Å². The average molecular weight is 341 g/mol. The normalized spacial score (nSPS) is 13.6. The SMILES string of the molecule is CC(C)(C)OC(=O)NCCn1cc(-c2cccc3c2CCC3=O)cn1. The molecule has 0 bridgehead atoms. The molecule has 0 unspecified atom stereocenters. The van der Waals surface area contributed by atoms with Gasteiger partial charge in [0, 0.05) is 30.3 Å². The lowest BCUT2D eigenvalue weighted by Crippen LogP contribution is -2.34. The minimum absolute atomic E-state index is 0.214. The summed E-state index contributed by atoms with van der Waals surface area (Å²) in [6, 6.07) is 5.83. The Balaban J connectivity index is 1.62. The summed E-state index contributed by atoms with van der Waals surface area (Å²) in [5.74, 6) is 0.214. The van der Waals surface area contributed by atoms with Gasteiger partial charge in [0.1, 0.15) is 5.60 Å². The number of benzene rings is 1. The van der Waals surface area contributed by atoms with Crippen LogP contribution in [0.3, 0.4) is 0 Å². The first-order valence-electron chi connectivity index (χ1n) is 8.48. The smallest absolute Gasteiger partial charge is 0.407 e. The standard InChI is InChI=1S/C19H23N3O3/c1-19(2,3)25-18(24)20-9-10-22-12-13(11-21-22)14-5-4-6-16-15(14)7-8-17(16)23/h4-6,11-12H,7-10H2,1-3H3,(H,20,24). The van der Waals surface area contributed by atoms with E-state index in [1.54, 1.807) is 10.9 Å². The van der Waals surface area contributed by atoms with Crippen LogP contribution < -0.4 is 5.32 Å². The Morgan fingerprint density at radius 3 is 2.80 bits per heavy atom. The second-order valence-electron chi connectivity index (χ2n) is 7.18. The molecule has 25 heavy (non-hydrogen) atoms. The number of hydrogen-bond donors (Lipinski definition) is 1. The van der Waals surface area contributed by atoms with E-state index < -0.39 is 11.7 Å². The third-order valence-electron chi connectivity index (χ3n) is 4.03. The van der Waals surface area contributed by atoms with Gasteiger partial charge in [0.15, 0.2) is 5.78 Å². The van der Waals surface area contributed by atoms with Crippen LogP contribution in [0.2, 0.25) is 0 Å². The van der Waals surface area contributed by atoms with E-state index in [0.717, 1.165) is 28.7 Å². The number of aromatic nitrogens is 2. The summed E-state index contributed by atoms with van der Waals surface area (Å²) in [7, 11) is 0. The van der Waals surface area contributed by atoms with Crippen LogP contribution in [0.15, 0.2) is 30.6 Å². The number of amides is 1. The Labute approximate surface area is 147 Å². The number of carbonyl (C=O) groups excluding carboxylic acids is 2. The zero-order valence-corrected chi connectivity index (χ0v) is 14.8. The van der Waals surface area contributed by atoms with Crippen molar-refractivity contribution in [3.8, 4) is 11.1 Å². The van der Waals surface area contributed by atoms with Crippen molar-refractivity contribution in [3.05, 3.63) is 41.7 Å². The number of alkyl carbamates (subject to hydrolysis) is 1. The molecule has 1 aliphatic carbocycles. The summed E-state index contributed by atoms with van der Waals surface area (Å²) in [5, 5.41) is 7.07. The molecule has 1 heterocycles. The van der Waals surface area contributed by atoms with Crippen LogP contribution in [0, 0.1) is 0 Å². The zero-order chi connectivity index (χ0) is 18.0. The highest BCUT2D eigenvalue weighted by Crippen LogP contribution is 2.32. The Bertz CT molecular complexity index is 802. The van der Waals surface area contributed by atoms with E-state index in [2.05, 4.69) is 10.4 Å². The van der Waals surface area contributed by atoms with Crippen molar-refractivity contribution in [2.24, 2.45) is 0 Å². The monoisotopic (exact) mass is 341 g/mol. The summed E-state index contributed by atoms with van der Waals surface area (Å²) < 4.78 is 6.98. The van der Waals surface area contributed by atoms with Crippen LogP contribution in [0.4, 0.5) is 4.79 Å². The Kier molecular flexibility index (Phi) is 4.61. The summed E-state index contributed by atoms with van der Waals surface area (Å²) >= 11 is 0. The minimum atomic E-state index is -0.506. The van der Waals surface area contributed by atoms with E-state index in [0.29, 0.717) is 19.5 Å². The molecule has 3 rings (SSSR count). The van der Waals surface area contributed by atoms with Gasteiger partial charge in [-0.1, -0.05) is 18.2 Å². The molecular weight excluding hydrogens is 318 g/mol. The van der Waals surface area contributed by atoms with Crippen molar-refractivity contribution in [1.82, 2.24) is 15.1 Å².